The lowest BCUT2D eigenvalue weighted by molar-refractivity contribution is -0.214. The number of nitriles is 1. The molecule has 2 aliphatic rings. The first kappa shape index (κ1) is 21.2. The number of aliphatic hydroxyl groups is 3. The van der Waals surface area contributed by atoms with Gasteiger partial charge in [0.2, 0.25) is 0 Å². The summed E-state index contributed by atoms with van der Waals surface area (Å²) in [4.78, 5) is 4.27. The van der Waals surface area contributed by atoms with E-state index in [-0.39, 0.29) is 0 Å². The van der Waals surface area contributed by atoms with Crippen molar-refractivity contribution in [3.8, 4) is 6.19 Å². The van der Waals surface area contributed by atoms with E-state index in [1.807, 2.05) is 19.1 Å². The second-order valence-corrected chi connectivity index (χ2v) is 9.22. The third kappa shape index (κ3) is 3.96. The van der Waals surface area contributed by atoms with E-state index in [0.29, 0.717) is 18.5 Å². The standard InChI is InChI=1S/C22H25FN2O4S/c1-12-2-3-13(22-21(28)20(27)19(23)17(10-26)29-22)6-14(12)7-16-8-15-9-25(11-24)5-4-18(15)30-16/h2-3,6,8,17,19-22,26-28H,4-5,7,9-10H2,1H3/t17-,19-,20+,21-,22?/m1/s1. The minimum absolute atomic E-state index is 0.569. The molecule has 1 fully saturated rings. The molecule has 5 atom stereocenters. The van der Waals surface area contributed by atoms with Crippen LogP contribution >= 0.6 is 11.3 Å². The number of aryl methyl sites for hydroxylation is 1. The van der Waals surface area contributed by atoms with Crippen LogP contribution in [0.4, 0.5) is 4.39 Å². The molecule has 30 heavy (non-hydrogen) atoms. The number of hydrogen-bond acceptors (Lipinski definition) is 7. The number of aliphatic hydroxyl groups excluding tert-OH is 3. The Kier molecular flexibility index (Phi) is 6.09. The van der Waals surface area contributed by atoms with Gasteiger partial charge in [0.25, 0.3) is 0 Å². The van der Waals surface area contributed by atoms with E-state index >= 15 is 0 Å². The van der Waals surface area contributed by atoms with Gasteiger partial charge in [0.15, 0.2) is 12.4 Å². The Morgan fingerprint density at radius 2 is 2.10 bits per heavy atom. The Balaban J connectivity index is 1.57. The lowest BCUT2D eigenvalue weighted by atomic mass is 9.90. The molecule has 2 aromatic rings. The van der Waals surface area contributed by atoms with Crippen LogP contribution in [-0.4, -0.2) is 57.9 Å². The van der Waals surface area contributed by atoms with Gasteiger partial charge in [-0.1, -0.05) is 18.2 Å². The van der Waals surface area contributed by atoms with Crippen molar-refractivity contribution in [2.75, 3.05) is 13.2 Å². The SMILES string of the molecule is Cc1ccc(C2O[C@H](CO)[C@@H](F)[C@H](O)[C@H]2O)cc1Cc1cc2c(s1)CCN(C#N)C2. The van der Waals surface area contributed by atoms with E-state index in [4.69, 9.17) is 10.00 Å². The molecular weight excluding hydrogens is 407 g/mol. The van der Waals surface area contributed by atoms with Gasteiger partial charge in [-0.15, -0.1) is 11.3 Å². The summed E-state index contributed by atoms with van der Waals surface area (Å²) in [5.74, 6) is 0. The maximum Gasteiger partial charge on any atom is 0.179 e. The number of alkyl halides is 1. The number of rotatable bonds is 4. The summed E-state index contributed by atoms with van der Waals surface area (Å²) >= 11 is 1.76. The number of benzene rings is 1. The first-order chi connectivity index (χ1) is 14.4. The van der Waals surface area contributed by atoms with Crippen molar-refractivity contribution in [3.05, 3.63) is 56.3 Å². The molecule has 2 aliphatic heterocycles. The third-order valence-corrected chi connectivity index (χ3v) is 7.21. The number of ether oxygens (including phenoxy) is 1. The van der Waals surface area contributed by atoms with Crippen LogP contribution < -0.4 is 0 Å². The van der Waals surface area contributed by atoms with Gasteiger partial charge in [-0.25, -0.2) is 4.39 Å². The molecule has 3 heterocycles. The molecule has 160 valence electrons. The van der Waals surface area contributed by atoms with Gasteiger partial charge in [-0.05, 0) is 35.2 Å². The summed E-state index contributed by atoms with van der Waals surface area (Å²) in [6.45, 7) is 2.83. The number of hydrogen-bond donors (Lipinski definition) is 3. The summed E-state index contributed by atoms with van der Waals surface area (Å²) in [5, 5.41) is 38.9. The number of halogens is 1. The molecule has 1 saturated heterocycles. The van der Waals surface area contributed by atoms with Crippen molar-refractivity contribution in [2.24, 2.45) is 0 Å². The molecule has 0 bridgehead atoms. The van der Waals surface area contributed by atoms with Crippen LogP contribution in [0, 0.1) is 18.4 Å². The van der Waals surface area contributed by atoms with Crippen molar-refractivity contribution < 1.29 is 24.4 Å². The van der Waals surface area contributed by atoms with Gasteiger partial charge in [-0.2, -0.15) is 5.26 Å². The minimum Gasteiger partial charge on any atom is -0.394 e. The molecule has 0 radical (unpaired) electrons. The second-order valence-electron chi connectivity index (χ2n) is 8.00. The van der Waals surface area contributed by atoms with Gasteiger partial charge in [0.1, 0.15) is 24.4 Å². The van der Waals surface area contributed by atoms with Gasteiger partial charge in [-0.3, -0.25) is 0 Å². The molecule has 8 heteroatoms. The molecule has 0 spiro atoms. The summed E-state index contributed by atoms with van der Waals surface area (Å²) < 4.78 is 19.6. The molecule has 3 N–H and O–H groups in total. The molecule has 0 amide bonds. The Bertz CT molecular complexity index is 957. The zero-order valence-corrected chi connectivity index (χ0v) is 17.5. The smallest absolute Gasteiger partial charge is 0.179 e. The topological polar surface area (TPSA) is 96.9 Å². The van der Waals surface area contributed by atoms with E-state index in [2.05, 4.69) is 12.3 Å². The summed E-state index contributed by atoms with van der Waals surface area (Å²) in [5.41, 5.74) is 3.98. The van der Waals surface area contributed by atoms with Crippen molar-refractivity contribution >= 4 is 11.3 Å². The summed E-state index contributed by atoms with van der Waals surface area (Å²) in [7, 11) is 0. The van der Waals surface area contributed by atoms with Crippen LogP contribution in [0.2, 0.25) is 0 Å². The normalized spacial score (nSPS) is 28.8. The molecule has 0 aliphatic carbocycles. The van der Waals surface area contributed by atoms with Crippen LogP contribution in [0.15, 0.2) is 24.3 Å². The van der Waals surface area contributed by atoms with Crippen molar-refractivity contribution in [1.29, 1.82) is 5.26 Å². The minimum atomic E-state index is -1.84. The molecule has 1 aromatic carbocycles. The lowest BCUT2D eigenvalue weighted by Crippen LogP contribution is -2.53. The number of thiophene rings is 1. The zero-order chi connectivity index (χ0) is 21.4. The van der Waals surface area contributed by atoms with Crippen molar-refractivity contribution in [1.82, 2.24) is 4.90 Å². The maximum atomic E-state index is 14.1. The summed E-state index contributed by atoms with van der Waals surface area (Å²) in [6.07, 6.45) is -3.17. The Morgan fingerprint density at radius 1 is 1.30 bits per heavy atom. The molecule has 0 saturated carbocycles. The monoisotopic (exact) mass is 432 g/mol. The van der Waals surface area contributed by atoms with Crippen LogP contribution in [0.1, 0.15) is 38.1 Å². The van der Waals surface area contributed by atoms with Crippen LogP contribution in [0.25, 0.3) is 0 Å². The Labute approximate surface area is 178 Å². The predicted molar refractivity (Wildman–Crippen MR) is 110 cm³/mol. The maximum absolute atomic E-state index is 14.1. The fraction of sp³-hybridized carbons (Fsp3) is 0.500. The van der Waals surface area contributed by atoms with Gasteiger partial charge in [0, 0.05) is 29.1 Å². The first-order valence-corrected chi connectivity index (χ1v) is 10.8. The van der Waals surface area contributed by atoms with Crippen molar-refractivity contribution in [3.63, 3.8) is 0 Å². The number of nitrogens with zero attached hydrogens (tertiary/aromatic N) is 2. The first-order valence-electron chi connectivity index (χ1n) is 10.0. The van der Waals surface area contributed by atoms with Gasteiger partial charge < -0.3 is 25.0 Å². The highest BCUT2D eigenvalue weighted by Crippen LogP contribution is 2.35. The predicted octanol–water partition coefficient (Wildman–Crippen LogP) is 1.98. The molecule has 1 unspecified atom stereocenters. The highest BCUT2D eigenvalue weighted by atomic mass is 32.1. The van der Waals surface area contributed by atoms with Crippen LogP contribution in [0.5, 0.6) is 0 Å². The molecule has 6 nitrogen and oxygen atoms in total. The second kappa shape index (κ2) is 8.61. The Morgan fingerprint density at radius 3 is 2.83 bits per heavy atom. The van der Waals surface area contributed by atoms with E-state index in [0.717, 1.165) is 24.1 Å². The Hall–Kier alpha value is -2.02. The summed E-state index contributed by atoms with van der Waals surface area (Å²) in [6, 6.07) is 7.80. The van der Waals surface area contributed by atoms with Crippen LogP contribution in [0.3, 0.4) is 0 Å². The van der Waals surface area contributed by atoms with E-state index in [9.17, 15) is 19.7 Å². The van der Waals surface area contributed by atoms with Gasteiger partial charge in [0.05, 0.1) is 13.2 Å². The number of fused-ring (bicyclic) bond motifs is 1. The van der Waals surface area contributed by atoms with E-state index < -0.39 is 37.2 Å². The van der Waals surface area contributed by atoms with Gasteiger partial charge >= 0.3 is 0 Å². The molecule has 1 aromatic heterocycles. The van der Waals surface area contributed by atoms with Crippen molar-refractivity contribution in [2.45, 2.75) is 56.9 Å². The van der Waals surface area contributed by atoms with E-state index in [1.54, 1.807) is 22.3 Å². The lowest BCUT2D eigenvalue weighted by Gasteiger charge is -2.39. The fourth-order valence-electron chi connectivity index (χ4n) is 4.16. The third-order valence-electron chi connectivity index (χ3n) is 5.97. The van der Waals surface area contributed by atoms with E-state index in [1.165, 1.54) is 15.3 Å². The largest absolute Gasteiger partial charge is 0.394 e. The highest BCUT2D eigenvalue weighted by molar-refractivity contribution is 7.12. The molecular formula is C22H25FN2O4S. The average Bonchev–Trinajstić information content (AvgIpc) is 3.15. The quantitative estimate of drug-likeness (QED) is 0.640. The molecule has 4 rings (SSSR count). The zero-order valence-electron chi connectivity index (χ0n) is 16.7. The average molecular weight is 433 g/mol. The highest BCUT2D eigenvalue weighted by Gasteiger charge is 2.45. The van der Waals surface area contributed by atoms with Crippen LogP contribution in [-0.2, 0) is 24.1 Å². The fourth-order valence-corrected chi connectivity index (χ4v) is 5.36.